The summed E-state index contributed by atoms with van der Waals surface area (Å²) >= 11 is 5.90. The molecule has 20 heavy (non-hydrogen) atoms. The molecule has 2 aromatic rings. The molecule has 0 saturated heterocycles. The van der Waals surface area contributed by atoms with Crippen LogP contribution in [-0.2, 0) is 12.8 Å². The Hall–Kier alpha value is -1.51. The van der Waals surface area contributed by atoms with Gasteiger partial charge in [0.25, 0.3) is 0 Å². The van der Waals surface area contributed by atoms with Crippen LogP contribution in [0.3, 0.4) is 0 Å². The number of hydrogen-bond acceptors (Lipinski definition) is 2. The van der Waals surface area contributed by atoms with Gasteiger partial charge in [0.2, 0.25) is 0 Å². The number of benzene rings is 2. The highest BCUT2D eigenvalue weighted by Gasteiger charge is 2.09. The van der Waals surface area contributed by atoms with Crippen LogP contribution in [0.5, 0.6) is 5.75 Å². The molecule has 0 aliphatic rings. The summed E-state index contributed by atoms with van der Waals surface area (Å²) in [7, 11) is 1.68. The van der Waals surface area contributed by atoms with Crippen LogP contribution in [0.4, 0.5) is 0 Å². The number of ether oxygens (including phenoxy) is 1. The molecule has 2 nitrogen and oxygen atoms in total. The van der Waals surface area contributed by atoms with Gasteiger partial charge in [0.15, 0.2) is 0 Å². The van der Waals surface area contributed by atoms with Crippen molar-refractivity contribution < 1.29 is 4.74 Å². The van der Waals surface area contributed by atoms with E-state index in [4.69, 9.17) is 22.1 Å². The lowest BCUT2D eigenvalue weighted by Crippen LogP contribution is -2.19. The highest BCUT2D eigenvalue weighted by atomic mass is 35.5. The first-order chi connectivity index (χ1) is 9.71. The quantitative estimate of drug-likeness (QED) is 0.880. The van der Waals surface area contributed by atoms with Crippen LogP contribution < -0.4 is 10.5 Å². The van der Waals surface area contributed by atoms with E-state index in [9.17, 15) is 0 Å². The molecule has 0 fully saturated rings. The van der Waals surface area contributed by atoms with Crippen LogP contribution in [0.25, 0.3) is 0 Å². The number of halogens is 1. The number of rotatable bonds is 6. The molecule has 0 saturated carbocycles. The van der Waals surface area contributed by atoms with Gasteiger partial charge >= 0.3 is 0 Å². The normalized spacial score (nSPS) is 12.2. The maximum absolute atomic E-state index is 5.90. The van der Waals surface area contributed by atoms with Crippen LogP contribution in [0.2, 0.25) is 5.02 Å². The second kappa shape index (κ2) is 7.32. The van der Waals surface area contributed by atoms with Gasteiger partial charge in [-0.25, -0.2) is 0 Å². The Bertz CT molecular complexity index is 522. The first-order valence-corrected chi connectivity index (χ1v) is 7.16. The van der Waals surface area contributed by atoms with E-state index in [1.54, 1.807) is 7.11 Å². The summed E-state index contributed by atoms with van der Waals surface area (Å²) < 4.78 is 5.17. The average molecular weight is 290 g/mol. The molecule has 0 aliphatic heterocycles. The Morgan fingerprint density at radius 2 is 1.45 bits per heavy atom. The van der Waals surface area contributed by atoms with Crippen LogP contribution in [0.15, 0.2) is 48.5 Å². The zero-order valence-electron chi connectivity index (χ0n) is 11.7. The summed E-state index contributed by atoms with van der Waals surface area (Å²) in [5.74, 6) is 1.32. The standard InChI is InChI=1S/C17H20ClNO/c1-20-17-8-4-14(5-9-17)11-15(12-19)10-13-2-6-16(18)7-3-13/h2-9,15H,10-12,19H2,1H3. The minimum atomic E-state index is 0.435. The van der Waals surface area contributed by atoms with Gasteiger partial charge in [-0.05, 0) is 60.7 Å². The Balaban J connectivity index is 1.99. The van der Waals surface area contributed by atoms with Crippen molar-refractivity contribution in [3.05, 3.63) is 64.7 Å². The zero-order valence-corrected chi connectivity index (χ0v) is 12.4. The summed E-state index contributed by atoms with van der Waals surface area (Å²) in [6, 6.07) is 16.2. The minimum Gasteiger partial charge on any atom is -0.497 e. The van der Waals surface area contributed by atoms with Crippen LogP contribution in [0, 0.1) is 5.92 Å². The van der Waals surface area contributed by atoms with Gasteiger partial charge in [-0.15, -0.1) is 0 Å². The van der Waals surface area contributed by atoms with Crippen LogP contribution >= 0.6 is 11.6 Å². The first-order valence-electron chi connectivity index (χ1n) is 6.78. The number of nitrogens with two attached hydrogens (primary N) is 1. The van der Waals surface area contributed by atoms with E-state index in [0.717, 1.165) is 23.6 Å². The predicted octanol–water partition coefficient (Wildman–Crippen LogP) is 3.71. The number of methoxy groups -OCH3 is 1. The van der Waals surface area contributed by atoms with Crippen molar-refractivity contribution in [1.29, 1.82) is 0 Å². The molecule has 0 amide bonds. The largest absolute Gasteiger partial charge is 0.497 e. The van der Waals surface area contributed by atoms with Gasteiger partial charge in [-0.2, -0.15) is 0 Å². The molecular weight excluding hydrogens is 270 g/mol. The molecule has 0 bridgehead atoms. The van der Waals surface area contributed by atoms with Crippen molar-refractivity contribution >= 4 is 11.6 Å². The molecule has 0 radical (unpaired) electrons. The van der Waals surface area contributed by atoms with E-state index in [2.05, 4.69) is 24.3 Å². The lowest BCUT2D eigenvalue weighted by molar-refractivity contribution is 0.414. The highest BCUT2D eigenvalue weighted by molar-refractivity contribution is 6.30. The Morgan fingerprint density at radius 3 is 1.90 bits per heavy atom. The summed E-state index contributed by atoms with van der Waals surface area (Å²) in [6.07, 6.45) is 1.95. The van der Waals surface area contributed by atoms with Gasteiger partial charge in [0, 0.05) is 5.02 Å². The summed E-state index contributed by atoms with van der Waals surface area (Å²) in [5.41, 5.74) is 8.47. The van der Waals surface area contributed by atoms with Gasteiger partial charge in [-0.1, -0.05) is 35.9 Å². The van der Waals surface area contributed by atoms with E-state index in [0.29, 0.717) is 12.5 Å². The molecule has 2 N–H and O–H groups in total. The molecule has 2 aromatic carbocycles. The fraction of sp³-hybridized carbons (Fsp3) is 0.294. The first kappa shape index (κ1) is 14.9. The maximum atomic E-state index is 5.90. The lowest BCUT2D eigenvalue weighted by Gasteiger charge is -2.15. The van der Waals surface area contributed by atoms with Crippen molar-refractivity contribution in [3.63, 3.8) is 0 Å². The van der Waals surface area contributed by atoms with E-state index in [-0.39, 0.29) is 0 Å². The third-order valence-corrected chi connectivity index (χ3v) is 3.71. The van der Waals surface area contributed by atoms with Crippen LogP contribution in [0.1, 0.15) is 11.1 Å². The monoisotopic (exact) mass is 289 g/mol. The SMILES string of the molecule is COc1ccc(CC(CN)Cc2ccc(Cl)cc2)cc1. The van der Waals surface area contributed by atoms with Gasteiger partial charge in [0.05, 0.1) is 7.11 Å². The summed E-state index contributed by atoms with van der Waals surface area (Å²) in [4.78, 5) is 0. The second-order valence-corrected chi connectivity index (χ2v) is 5.42. The molecule has 0 spiro atoms. The molecule has 0 aliphatic carbocycles. The van der Waals surface area contributed by atoms with Gasteiger partial charge in [-0.3, -0.25) is 0 Å². The van der Waals surface area contributed by atoms with Crippen LogP contribution in [-0.4, -0.2) is 13.7 Å². The fourth-order valence-corrected chi connectivity index (χ4v) is 2.41. The predicted molar refractivity (Wildman–Crippen MR) is 84.4 cm³/mol. The summed E-state index contributed by atoms with van der Waals surface area (Å²) in [5, 5.41) is 0.771. The molecular formula is C17H20ClNO. The maximum Gasteiger partial charge on any atom is 0.118 e. The smallest absolute Gasteiger partial charge is 0.118 e. The van der Waals surface area contributed by atoms with Crippen molar-refractivity contribution in [1.82, 2.24) is 0 Å². The van der Waals surface area contributed by atoms with Crippen molar-refractivity contribution in [2.45, 2.75) is 12.8 Å². The van der Waals surface area contributed by atoms with Crippen molar-refractivity contribution in [3.8, 4) is 5.75 Å². The Labute approximate surface area is 125 Å². The van der Waals surface area contributed by atoms with Gasteiger partial charge < -0.3 is 10.5 Å². The summed E-state index contributed by atoms with van der Waals surface area (Å²) in [6.45, 7) is 0.675. The Kier molecular flexibility index (Phi) is 5.45. The average Bonchev–Trinajstić information content (AvgIpc) is 2.49. The van der Waals surface area contributed by atoms with Crippen molar-refractivity contribution in [2.75, 3.05) is 13.7 Å². The molecule has 1 atom stereocenters. The zero-order chi connectivity index (χ0) is 14.4. The Morgan fingerprint density at radius 1 is 0.950 bits per heavy atom. The van der Waals surface area contributed by atoms with Gasteiger partial charge in [0.1, 0.15) is 5.75 Å². The third-order valence-electron chi connectivity index (χ3n) is 3.45. The van der Waals surface area contributed by atoms with E-state index < -0.39 is 0 Å². The third kappa shape index (κ3) is 4.26. The molecule has 2 rings (SSSR count). The topological polar surface area (TPSA) is 35.2 Å². The minimum absolute atomic E-state index is 0.435. The van der Waals surface area contributed by atoms with Crippen molar-refractivity contribution in [2.24, 2.45) is 11.7 Å². The molecule has 1 unspecified atom stereocenters. The van der Waals surface area contributed by atoms with E-state index in [1.807, 2.05) is 24.3 Å². The lowest BCUT2D eigenvalue weighted by atomic mass is 9.92. The fourth-order valence-electron chi connectivity index (χ4n) is 2.29. The van der Waals surface area contributed by atoms with E-state index >= 15 is 0 Å². The molecule has 0 heterocycles. The van der Waals surface area contributed by atoms with E-state index in [1.165, 1.54) is 11.1 Å². The molecule has 106 valence electrons. The molecule has 3 heteroatoms. The highest BCUT2D eigenvalue weighted by Crippen LogP contribution is 2.18. The molecule has 0 aromatic heterocycles. The second-order valence-electron chi connectivity index (χ2n) is 4.98. The number of hydrogen-bond donors (Lipinski definition) is 1.